The van der Waals surface area contributed by atoms with E-state index in [2.05, 4.69) is 0 Å². The van der Waals surface area contributed by atoms with E-state index >= 15 is 0 Å². The van der Waals surface area contributed by atoms with E-state index in [9.17, 15) is 13.2 Å². The molecule has 7 nitrogen and oxygen atoms in total. The maximum Gasteiger partial charge on any atom is 0.253 e. The van der Waals surface area contributed by atoms with Crippen LogP contribution in [0.4, 0.5) is 5.69 Å². The molecule has 0 aliphatic carbocycles. The number of ether oxygens (including phenoxy) is 2. The van der Waals surface area contributed by atoms with Crippen LogP contribution >= 0.6 is 11.6 Å². The van der Waals surface area contributed by atoms with Crippen molar-refractivity contribution in [3.63, 3.8) is 0 Å². The molecule has 3 aromatic carbocycles. The zero-order valence-electron chi connectivity index (χ0n) is 18.2. The lowest BCUT2D eigenvalue weighted by atomic mass is 10.1. The van der Waals surface area contributed by atoms with Crippen LogP contribution in [0, 0.1) is 0 Å². The Kier molecular flexibility index (Phi) is 6.49. The summed E-state index contributed by atoms with van der Waals surface area (Å²) in [5.41, 5.74) is 2.50. The van der Waals surface area contributed by atoms with Crippen LogP contribution < -0.4 is 13.8 Å². The number of hydrogen-bond acceptors (Lipinski definition) is 5. The number of fused-ring (bicyclic) bond motifs is 1. The van der Waals surface area contributed by atoms with Crippen molar-refractivity contribution in [3.8, 4) is 11.5 Å². The molecule has 0 bridgehead atoms. The fourth-order valence-corrected chi connectivity index (χ4v) is 4.63. The number of carbonyl (C=O) groups is 1. The van der Waals surface area contributed by atoms with Gasteiger partial charge in [-0.25, -0.2) is 8.42 Å². The zero-order valence-corrected chi connectivity index (χ0v) is 19.8. The molecule has 1 aliphatic rings. The Labute approximate surface area is 198 Å². The van der Waals surface area contributed by atoms with E-state index < -0.39 is 10.0 Å². The van der Waals surface area contributed by atoms with Gasteiger partial charge in [0.05, 0.1) is 18.5 Å². The fourth-order valence-electron chi connectivity index (χ4n) is 3.56. The van der Waals surface area contributed by atoms with E-state index in [1.54, 1.807) is 60.5 Å². The summed E-state index contributed by atoms with van der Waals surface area (Å²) in [4.78, 5) is 14.5. The molecule has 1 aliphatic heterocycles. The number of carbonyl (C=O) groups excluding carboxylic acids is 1. The molecule has 4 rings (SSSR count). The van der Waals surface area contributed by atoms with Gasteiger partial charge in [0.2, 0.25) is 16.8 Å². The molecule has 33 heavy (non-hydrogen) atoms. The Morgan fingerprint density at radius 1 is 0.970 bits per heavy atom. The predicted octanol–water partition coefficient (Wildman–Crippen LogP) is 4.31. The van der Waals surface area contributed by atoms with Crippen LogP contribution in [0.2, 0.25) is 5.02 Å². The zero-order chi connectivity index (χ0) is 23.6. The monoisotopic (exact) mass is 486 g/mol. The molecule has 0 fully saturated rings. The Morgan fingerprint density at radius 3 is 2.36 bits per heavy atom. The molecule has 0 spiro atoms. The van der Waals surface area contributed by atoms with Gasteiger partial charge >= 0.3 is 0 Å². The van der Waals surface area contributed by atoms with Crippen LogP contribution in [0.3, 0.4) is 0 Å². The Hall–Kier alpha value is -3.23. The maximum absolute atomic E-state index is 12.9. The molecule has 0 radical (unpaired) electrons. The second-order valence-electron chi connectivity index (χ2n) is 7.76. The van der Waals surface area contributed by atoms with Gasteiger partial charge in [0.15, 0.2) is 11.5 Å². The first-order valence-electron chi connectivity index (χ1n) is 10.2. The minimum absolute atomic E-state index is 0.0931. The van der Waals surface area contributed by atoms with Gasteiger partial charge in [-0.05, 0) is 53.6 Å². The van der Waals surface area contributed by atoms with Crippen LogP contribution in [0.1, 0.15) is 21.5 Å². The third-order valence-electron chi connectivity index (χ3n) is 5.28. The van der Waals surface area contributed by atoms with Gasteiger partial charge in [0.1, 0.15) is 0 Å². The summed E-state index contributed by atoms with van der Waals surface area (Å²) >= 11 is 6.22. The molecule has 0 unspecified atom stereocenters. The first kappa shape index (κ1) is 22.9. The highest BCUT2D eigenvalue weighted by atomic mass is 35.5. The number of halogens is 1. The summed E-state index contributed by atoms with van der Waals surface area (Å²) in [7, 11) is -1.86. The van der Waals surface area contributed by atoms with E-state index in [0.29, 0.717) is 39.9 Å². The number of sulfonamides is 1. The van der Waals surface area contributed by atoms with E-state index in [1.165, 1.54) is 4.31 Å². The Balaban J connectivity index is 1.49. The molecule has 0 saturated heterocycles. The average Bonchev–Trinajstić information content (AvgIpc) is 3.25. The molecule has 9 heteroatoms. The highest BCUT2D eigenvalue weighted by Gasteiger charge is 2.21. The van der Waals surface area contributed by atoms with Crippen molar-refractivity contribution in [2.45, 2.75) is 13.1 Å². The summed E-state index contributed by atoms with van der Waals surface area (Å²) in [6, 6.07) is 19.2. The number of amides is 1. The molecular formula is C24H23ClN2O5S. The van der Waals surface area contributed by atoms with Crippen molar-refractivity contribution in [3.05, 3.63) is 88.4 Å². The third-order valence-corrected chi connectivity index (χ3v) is 6.79. The van der Waals surface area contributed by atoms with Crippen LogP contribution in [0.15, 0.2) is 66.7 Å². The van der Waals surface area contributed by atoms with Gasteiger partial charge in [0.25, 0.3) is 5.91 Å². The highest BCUT2D eigenvalue weighted by Crippen LogP contribution is 2.33. The second kappa shape index (κ2) is 9.33. The smallest absolute Gasteiger partial charge is 0.253 e. The second-order valence-corrected chi connectivity index (χ2v) is 10.1. The quantitative estimate of drug-likeness (QED) is 0.497. The standard InChI is InChI=1S/C24H23ClN2O5S/c1-26(14-17-7-12-22-23(13-17)32-16-31-22)24(28)18-8-10-20(11-9-18)27(33(2,29)30)15-19-5-3-4-6-21(19)25/h3-13H,14-16H2,1-2H3. The number of hydrogen-bond donors (Lipinski definition) is 0. The molecule has 0 atom stereocenters. The third kappa shape index (κ3) is 5.23. The summed E-state index contributed by atoms with van der Waals surface area (Å²) in [5.74, 6) is 1.17. The van der Waals surface area contributed by atoms with Crippen LogP contribution in [-0.2, 0) is 23.1 Å². The van der Waals surface area contributed by atoms with Crippen LogP contribution in [-0.4, -0.2) is 39.3 Å². The molecule has 1 amide bonds. The van der Waals surface area contributed by atoms with Crippen molar-refractivity contribution < 1.29 is 22.7 Å². The van der Waals surface area contributed by atoms with E-state index in [0.717, 1.165) is 11.8 Å². The van der Waals surface area contributed by atoms with Crippen molar-refractivity contribution in [2.24, 2.45) is 0 Å². The van der Waals surface area contributed by atoms with E-state index in [1.807, 2.05) is 18.2 Å². The SMILES string of the molecule is CN(Cc1ccc2c(c1)OCO2)C(=O)c1ccc(N(Cc2ccccc2Cl)S(C)(=O)=O)cc1. The average molecular weight is 487 g/mol. The molecule has 0 aromatic heterocycles. The summed E-state index contributed by atoms with van der Waals surface area (Å²) in [5, 5.41) is 0.489. The number of benzene rings is 3. The summed E-state index contributed by atoms with van der Waals surface area (Å²) in [6.45, 7) is 0.676. The lowest BCUT2D eigenvalue weighted by Gasteiger charge is -2.23. The van der Waals surface area contributed by atoms with Gasteiger partial charge in [-0.2, -0.15) is 0 Å². The van der Waals surface area contributed by atoms with Gasteiger partial charge in [-0.1, -0.05) is 35.9 Å². The fraction of sp³-hybridized carbons (Fsp3) is 0.208. The minimum atomic E-state index is -3.57. The largest absolute Gasteiger partial charge is 0.454 e. The maximum atomic E-state index is 12.9. The summed E-state index contributed by atoms with van der Waals surface area (Å²) < 4.78 is 36.9. The van der Waals surface area contributed by atoms with Crippen molar-refractivity contribution >= 4 is 33.2 Å². The van der Waals surface area contributed by atoms with Gasteiger partial charge in [-0.15, -0.1) is 0 Å². The van der Waals surface area contributed by atoms with E-state index in [-0.39, 0.29) is 19.2 Å². The van der Waals surface area contributed by atoms with Crippen molar-refractivity contribution in [1.29, 1.82) is 0 Å². The van der Waals surface area contributed by atoms with Gasteiger partial charge in [-0.3, -0.25) is 9.10 Å². The molecule has 172 valence electrons. The predicted molar refractivity (Wildman–Crippen MR) is 127 cm³/mol. The Morgan fingerprint density at radius 2 is 1.67 bits per heavy atom. The topological polar surface area (TPSA) is 76.2 Å². The first-order valence-corrected chi connectivity index (χ1v) is 12.4. The highest BCUT2D eigenvalue weighted by molar-refractivity contribution is 7.92. The van der Waals surface area contributed by atoms with Crippen molar-refractivity contribution in [1.82, 2.24) is 4.90 Å². The number of anilines is 1. The van der Waals surface area contributed by atoms with E-state index in [4.69, 9.17) is 21.1 Å². The molecular weight excluding hydrogens is 464 g/mol. The van der Waals surface area contributed by atoms with Crippen LogP contribution in [0.25, 0.3) is 0 Å². The molecule has 0 saturated carbocycles. The Bertz CT molecular complexity index is 1280. The van der Waals surface area contributed by atoms with Crippen LogP contribution in [0.5, 0.6) is 11.5 Å². The number of nitrogens with zero attached hydrogens (tertiary/aromatic N) is 2. The molecule has 0 N–H and O–H groups in total. The number of rotatable bonds is 7. The summed E-state index contributed by atoms with van der Waals surface area (Å²) in [6.07, 6.45) is 1.14. The normalized spacial score (nSPS) is 12.5. The van der Waals surface area contributed by atoms with Crippen molar-refractivity contribution in [2.75, 3.05) is 24.4 Å². The molecule has 1 heterocycles. The minimum Gasteiger partial charge on any atom is -0.454 e. The van der Waals surface area contributed by atoms with Gasteiger partial charge < -0.3 is 14.4 Å². The lowest BCUT2D eigenvalue weighted by molar-refractivity contribution is 0.0785. The first-order chi connectivity index (χ1) is 15.7. The van der Waals surface area contributed by atoms with Gasteiger partial charge in [0, 0.05) is 24.2 Å². The molecule has 3 aromatic rings. The lowest BCUT2D eigenvalue weighted by Crippen LogP contribution is -2.30.